The number of benzene rings is 2. The predicted molar refractivity (Wildman–Crippen MR) is 84.0 cm³/mol. The van der Waals surface area contributed by atoms with E-state index in [-0.39, 0.29) is 5.88 Å². The predicted octanol–water partition coefficient (Wildman–Crippen LogP) is 2.20. The average molecular weight is 292 g/mol. The summed E-state index contributed by atoms with van der Waals surface area (Å²) in [5.74, 6) is 0.0122. The van der Waals surface area contributed by atoms with Gasteiger partial charge in [-0.15, -0.1) is 0 Å². The summed E-state index contributed by atoms with van der Waals surface area (Å²) in [4.78, 5) is 4.06. The average Bonchev–Trinajstić information content (AvgIpc) is 2.35. The Kier molecular flexibility index (Phi) is 4.01. The standard InChI is InChI=1S/C15H20N2O2S/c1-16(2)11-20(18,19)15-10-6-7-12-13(15)8-5-9-14(12)17(3)4/h5-10H,11H2,1-4H3. The maximum atomic E-state index is 12.5. The van der Waals surface area contributed by atoms with Gasteiger partial charge in [0.1, 0.15) is 5.88 Å². The van der Waals surface area contributed by atoms with Crippen LogP contribution in [0.2, 0.25) is 0 Å². The highest BCUT2D eigenvalue weighted by Crippen LogP contribution is 2.30. The molecule has 5 heteroatoms. The van der Waals surface area contributed by atoms with Gasteiger partial charge in [-0.05, 0) is 26.2 Å². The van der Waals surface area contributed by atoms with Crippen LogP contribution in [0.1, 0.15) is 0 Å². The van der Waals surface area contributed by atoms with E-state index in [4.69, 9.17) is 0 Å². The fraction of sp³-hybridized carbons (Fsp3) is 0.333. The minimum Gasteiger partial charge on any atom is -0.377 e. The minimum atomic E-state index is -3.32. The first-order valence-corrected chi connectivity index (χ1v) is 8.05. The third kappa shape index (κ3) is 2.78. The Morgan fingerprint density at radius 3 is 2.10 bits per heavy atom. The molecule has 20 heavy (non-hydrogen) atoms. The van der Waals surface area contributed by atoms with E-state index in [0.717, 1.165) is 16.5 Å². The van der Waals surface area contributed by atoms with Crippen LogP contribution in [0.25, 0.3) is 10.8 Å². The number of nitrogens with zero attached hydrogens (tertiary/aromatic N) is 2. The van der Waals surface area contributed by atoms with Crippen LogP contribution in [0.5, 0.6) is 0 Å². The van der Waals surface area contributed by atoms with Gasteiger partial charge >= 0.3 is 0 Å². The minimum absolute atomic E-state index is 0.0122. The zero-order chi connectivity index (χ0) is 14.9. The second kappa shape index (κ2) is 5.42. The largest absolute Gasteiger partial charge is 0.377 e. The second-order valence-electron chi connectivity index (χ2n) is 5.35. The van der Waals surface area contributed by atoms with Crippen LogP contribution in [0, 0.1) is 0 Å². The Morgan fingerprint density at radius 2 is 1.50 bits per heavy atom. The molecular weight excluding hydrogens is 272 g/mol. The summed E-state index contributed by atoms with van der Waals surface area (Å²) in [6.07, 6.45) is 0. The van der Waals surface area contributed by atoms with Crippen LogP contribution >= 0.6 is 0 Å². The van der Waals surface area contributed by atoms with Crippen LogP contribution in [-0.4, -0.2) is 47.4 Å². The van der Waals surface area contributed by atoms with Crippen molar-refractivity contribution >= 4 is 26.3 Å². The third-order valence-electron chi connectivity index (χ3n) is 3.10. The molecule has 2 aromatic carbocycles. The molecule has 0 aliphatic carbocycles. The SMILES string of the molecule is CN(C)CS(=O)(=O)c1cccc2c(N(C)C)cccc12. The molecule has 0 aliphatic rings. The number of fused-ring (bicyclic) bond motifs is 1. The molecule has 2 aromatic rings. The quantitative estimate of drug-likeness (QED) is 0.866. The summed E-state index contributed by atoms with van der Waals surface area (Å²) in [7, 11) is 4.10. The van der Waals surface area contributed by atoms with E-state index in [1.54, 1.807) is 31.1 Å². The van der Waals surface area contributed by atoms with Crippen molar-refractivity contribution in [2.45, 2.75) is 4.90 Å². The highest BCUT2D eigenvalue weighted by atomic mass is 32.2. The lowest BCUT2D eigenvalue weighted by Crippen LogP contribution is -2.22. The fourth-order valence-corrected chi connectivity index (χ4v) is 3.95. The van der Waals surface area contributed by atoms with Crippen LogP contribution in [0.15, 0.2) is 41.3 Å². The van der Waals surface area contributed by atoms with Gasteiger partial charge in [0.15, 0.2) is 9.84 Å². The summed E-state index contributed by atoms with van der Waals surface area (Å²) in [6.45, 7) is 0. The van der Waals surface area contributed by atoms with Gasteiger partial charge in [0.2, 0.25) is 0 Å². The van der Waals surface area contributed by atoms with Gasteiger partial charge in [0.25, 0.3) is 0 Å². The van der Waals surface area contributed by atoms with Crippen LogP contribution in [-0.2, 0) is 9.84 Å². The smallest absolute Gasteiger partial charge is 0.192 e. The summed E-state index contributed by atoms with van der Waals surface area (Å²) >= 11 is 0. The number of anilines is 1. The van der Waals surface area contributed by atoms with Gasteiger partial charge in [0, 0.05) is 30.6 Å². The molecule has 0 aromatic heterocycles. The van der Waals surface area contributed by atoms with E-state index in [9.17, 15) is 8.42 Å². The van der Waals surface area contributed by atoms with Gasteiger partial charge in [-0.2, -0.15) is 0 Å². The molecule has 0 amide bonds. The number of sulfone groups is 1. The van der Waals surface area contributed by atoms with Crippen molar-refractivity contribution in [1.82, 2.24) is 4.90 Å². The monoisotopic (exact) mass is 292 g/mol. The van der Waals surface area contributed by atoms with Gasteiger partial charge in [-0.1, -0.05) is 24.3 Å². The Balaban J connectivity index is 2.71. The molecule has 108 valence electrons. The van der Waals surface area contributed by atoms with E-state index >= 15 is 0 Å². The Labute approximate surface area is 120 Å². The van der Waals surface area contributed by atoms with Gasteiger partial charge in [-0.3, -0.25) is 4.90 Å². The molecule has 0 bridgehead atoms. The molecule has 0 fully saturated rings. The van der Waals surface area contributed by atoms with Crippen molar-refractivity contribution in [2.75, 3.05) is 39.0 Å². The summed E-state index contributed by atoms with van der Waals surface area (Å²) in [5, 5.41) is 1.73. The Morgan fingerprint density at radius 1 is 0.900 bits per heavy atom. The zero-order valence-corrected chi connectivity index (χ0v) is 13.1. The lowest BCUT2D eigenvalue weighted by molar-refractivity contribution is 0.462. The molecule has 0 aliphatic heterocycles. The number of hydrogen-bond acceptors (Lipinski definition) is 4. The first kappa shape index (κ1) is 14.8. The van der Waals surface area contributed by atoms with E-state index in [1.807, 2.05) is 43.3 Å². The van der Waals surface area contributed by atoms with Gasteiger partial charge < -0.3 is 4.90 Å². The molecule has 0 unspecified atom stereocenters. The van der Waals surface area contributed by atoms with Crippen molar-refractivity contribution in [1.29, 1.82) is 0 Å². The second-order valence-corrected chi connectivity index (χ2v) is 7.27. The molecule has 2 rings (SSSR count). The summed E-state index contributed by atoms with van der Waals surface area (Å²) in [5.41, 5.74) is 1.02. The molecule has 0 saturated heterocycles. The molecular formula is C15H20N2O2S. The first-order valence-electron chi connectivity index (χ1n) is 6.39. The van der Waals surface area contributed by atoms with Crippen molar-refractivity contribution in [3.63, 3.8) is 0 Å². The van der Waals surface area contributed by atoms with E-state index in [0.29, 0.717) is 4.90 Å². The van der Waals surface area contributed by atoms with E-state index in [2.05, 4.69) is 0 Å². The zero-order valence-electron chi connectivity index (χ0n) is 12.3. The van der Waals surface area contributed by atoms with E-state index in [1.165, 1.54) is 0 Å². The molecule has 0 atom stereocenters. The summed E-state index contributed by atoms with van der Waals surface area (Å²) < 4.78 is 25.0. The topological polar surface area (TPSA) is 40.6 Å². The highest BCUT2D eigenvalue weighted by molar-refractivity contribution is 7.91. The third-order valence-corrected chi connectivity index (χ3v) is 4.99. The van der Waals surface area contributed by atoms with Crippen molar-refractivity contribution in [2.24, 2.45) is 0 Å². The van der Waals surface area contributed by atoms with Crippen LogP contribution in [0.4, 0.5) is 5.69 Å². The molecule has 0 heterocycles. The van der Waals surface area contributed by atoms with Crippen LogP contribution < -0.4 is 4.90 Å². The molecule has 0 spiro atoms. The molecule has 0 N–H and O–H groups in total. The first-order chi connectivity index (χ1) is 9.33. The summed E-state index contributed by atoms with van der Waals surface area (Å²) in [6, 6.07) is 11.2. The lowest BCUT2D eigenvalue weighted by atomic mass is 10.1. The van der Waals surface area contributed by atoms with Crippen molar-refractivity contribution in [3.8, 4) is 0 Å². The maximum absolute atomic E-state index is 12.5. The maximum Gasteiger partial charge on any atom is 0.192 e. The highest BCUT2D eigenvalue weighted by Gasteiger charge is 2.19. The normalized spacial score (nSPS) is 12.1. The number of hydrogen-bond donors (Lipinski definition) is 0. The number of rotatable bonds is 4. The van der Waals surface area contributed by atoms with Gasteiger partial charge in [-0.25, -0.2) is 8.42 Å². The molecule has 0 radical (unpaired) electrons. The van der Waals surface area contributed by atoms with Gasteiger partial charge in [0.05, 0.1) is 4.90 Å². The lowest BCUT2D eigenvalue weighted by Gasteiger charge is -2.17. The Hall–Kier alpha value is -1.59. The molecule has 4 nitrogen and oxygen atoms in total. The Bertz CT molecular complexity index is 722. The van der Waals surface area contributed by atoms with Crippen molar-refractivity contribution < 1.29 is 8.42 Å². The van der Waals surface area contributed by atoms with Crippen LogP contribution in [0.3, 0.4) is 0 Å². The van der Waals surface area contributed by atoms with Crippen molar-refractivity contribution in [3.05, 3.63) is 36.4 Å². The fourth-order valence-electron chi connectivity index (χ4n) is 2.34. The molecule has 0 saturated carbocycles. The van der Waals surface area contributed by atoms with E-state index < -0.39 is 9.84 Å².